The molecule has 0 unspecified atom stereocenters. The quantitative estimate of drug-likeness (QED) is 0.654. The lowest BCUT2D eigenvalue weighted by molar-refractivity contribution is -0.145. The predicted molar refractivity (Wildman–Crippen MR) is 55.9 cm³/mol. The molecule has 4 N–H and O–H groups in total. The Morgan fingerprint density at radius 2 is 2.07 bits per heavy atom. The lowest BCUT2D eigenvalue weighted by Gasteiger charge is -2.12. The molecule has 0 radical (unpaired) electrons. The molecule has 0 spiro atoms. The van der Waals surface area contributed by atoms with E-state index >= 15 is 0 Å². The average molecular weight is 238 g/mol. The molecule has 6 heteroatoms. The summed E-state index contributed by atoms with van der Waals surface area (Å²) in [5.74, 6) is -2.44. The highest BCUT2D eigenvalue weighted by Crippen LogP contribution is 2.57. The summed E-state index contributed by atoms with van der Waals surface area (Å²) >= 11 is 0. The summed E-state index contributed by atoms with van der Waals surface area (Å²) in [6.07, 6.45) is 1.63. The van der Waals surface area contributed by atoms with Crippen LogP contribution < -0.4 is 5.73 Å². The molecule has 1 rings (SSSR count). The molecule has 88 valence electrons. The Kier molecular flexibility index (Phi) is 4.55. The van der Waals surface area contributed by atoms with Crippen LogP contribution >= 0.6 is 12.4 Å². The van der Waals surface area contributed by atoms with Crippen molar-refractivity contribution in [2.45, 2.75) is 32.2 Å². The van der Waals surface area contributed by atoms with Crippen molar-refractivity contribution in [3.63, 3.8) is 0 Å². The fourth-order valence-corrected chi connectivity index (χ4v) is 2.06. The zero-order chi connectivity index (χ0) is 10.9. The van der Waals surface area contributed by atoms with Crippen LogP contribution in [0.5, 0.6) is 0 Å². The third kappa shape index (κ3) is 2.41. The Labute approximate surface area is 94.1 Å². The first kappa shape index (κ1) is 14.2. The minimum absolute atomic E-state index is 0. The normalized spacial score (nSPS) is 30.1. The molecule has 1 saturated carbocycles. The van der Waals surface area contributed by atoms with E-state index in [0.717, 1.165) is 6.42 Å². The number of rotatable bonds is 5. The molecule has 0 aliphatic heterocycles. The molecular weight excluding hydrogens is 222 g/mol. The maximum atomic E-state index is 11.0. The highest BCUT2D eigenvalue weighted by Gasteiger charge is 2.63. The number of carboxylic acid groups (broad SMARTS) is 2. The van der Waals surface area contributed by atoms with Crippen molar-refractivity contribution in [2.75, 3.05) is 0 Å². The van der Waals surface area contributed by atoms with Crippen LogP contribution in [0.25, 0.3) is 0 Å². The fourth-order valence-electron chi connectivity index (χ4n) is 2.06. The molecule has 0 heterocycles. The van der Waals surface area contributed by atoms with Crippen LogP contribution in [0.4, 0.5) is 0 Å². The maximum absolute atomic E-state index is 11.0. The second-order valence-corrected chi connectivity index (χ2v) is 3.89. The first-order chi connectivity index (χ1) is 6.45. The van der Waals surface area contributed by atoms with Crippen molar-refractivity contribution in [3.05, 3.63) is 0 Å². The molecule has 0 amide bonds. The highest BCUT2D eigenvalue weighted by atomic mass is 35.5. The second-order valence-electron chi connectivity index (χ2n) is 3.89. The monoisotopic (exact) mass is 237 g/mol. The van der Waals surface area contributed by atoms with E-state index in [1.807, 2.05) is 6.92 Å². The van der Waals surface area contributed by atoms with E-state index < -0.39 is 29.3 Å². The predicted octanol–water partition coefficient (Wildman–Crippen LogP) is 0.711. The van der Waals surface area contributed by atoms with E-state index in [9.17, 15) is 9.59 Å². The van der Waals surface area contributed by atoms with Gasteiger partial charge in [-0.3, -0.25) is 9.59 Å². The van der Waals surface area contributed by atoms with Gasteiger partial charge in [-0.1, -0.05) is 13.3 Å². The van der Waals surface area contributed by atoms with E-state index in [0.29, 0.717) is 12.8 Å². The van der Waals surface area contributed by atoms with Crippen LogP contribution in [-0.2, 0) is 9.59 Å². The second kappa shape index (κ2) is 4.81. The van der Waals surface area contributed by atoms with Crippen LogP contribution in [0.3, 0.4) is 0 Å². The van der Waals surface area contributed by atoms with Crippen molar-refractivity contribution in [2.24, 2.45) is 17.1 Å². The summed E-state index contributed by atoms with van der Waals surface area (Å²) in [4.78, 5) is 21.5. The number of aliphatic carboxylic acids is 2. The van der Waals surface area contributed by atoms with E-state index in [-0.39, 0.29) is 12.4 Å². The molecule has 0 saturated heterocycles. The van der Waals surface area contributed by atoms with Crippen LogP contribution in [0.2, 0.25) is 0 Å². The van der Waals surface area contributed by atoms with E-state index in [2.05, 4.69) is 0 Å². The number of carboxylic acids is 2. The van der Waals surface area contributed by atoms with Crippen LogP contribution in [-0.4, -0.2) is 28.2 Å². The van der Waals surface area contributed by atoms with Gasteiger partial charge in [0.2, 0.25) is 0 Å². The Bertz CT molecular complexity index is 271. The van der Waals surface area contributed by atoms with Gasteiger partial charge >= 0.3 is 11.9 Å². The minimum Gasteiger partial charge on any atom is -0.481 e. The first-order valence-electron chi connectivity index (χ1n) is 4.67. The fraction of sp³-hybridized carbons (Fsp3) is 0.778. The van der Waals surface area contributed by atoms with Crippen molar-refractivity contribution >= 4 is 24.3 Å². The van der Waals surface area contributed by atoms with Gasteiger partial charge in [-0.05, 0) is 12.8 Å². The topological polar surface area (TPSA) is 101 Å². The molecule has 1 aliphatic rings. The lowest BCUT2D eigenvalue weighted by Crippen LogP contribution is -2.36. The van der Waals surface area contributed by atoms with Gasteiger partial charge in [-0.2, -0.15) is 0 Å². The summed E-state index contributed by atoms with van der Waals surface area (Å²) in [5, 5.41) is 17.6. The summed E-state index contributed by atoms with van der Waals surface area (Å²) < 4.78 is 0. The molecule has 0 aromatic heterocycles. The SMILES string of the molecule is CCC[C@]1(C(=O)O)C[C@H]1[C@H](N)C(=O)O.Cl. The Hall–Kier alpha value is -0.810. The smallest absolute Gasteiger partial charge is 0.320 e. The lowest BCUT2D eigenvalue weighted by atomic mass is 9.95. The number of hydrogen-bond acceptors (Lipinski definition) is 3. The van der Waals surface area contributed by atoms with E-state index in [4.69, 9.17) is 15.9 Å². The van der Waals surface area contributed by atoms with E-state index in [1.165, 1.54) is 0 Å². The van der Waals surface area contributed by atoms with Gasteiger partial charge in [-0.15, -0.1) is 12.4 Å². The summed E-state index contributed by atoms with van der Waals surface area (Å²) in [6, 6.07) is -1.04. The molecule has 0 bridgehead atoms. The standard InChI is InChI=1S/C9H15NO4.ClH/c1-2-3-9(8(13)14)4-5(9)6(10)7(11)12;/h5-6H,2-4,10H2,1H3,(H,11,12)(H,13,14);1H/t5-,6-,9-;/m0./s1. The van der Waals surface area contributed by atoms with Gasteiger partial charge < -0.3 is 15.9 Å². The van der Waals surface area contributed by atoms with Gasteiger partial charge in [0, 0.05) is 5.92 Å². The third-order valence-corrected chi connectivity index (χ3v) is 2.97. The molecule has 5 nitrogen and oxygen atoms in total. The average Bonchev–Trinajstić information content (AvgIpc) is 2.80. The number of hydrogen-bond donors (Lipinski definition) is 3. The van der Waals surface area contributed by atoms with Crippen LogP contribution in [0, 0.1) is 11.3 Å². The number of halogens is 1. The van der Waals surface area contributed by atoms with Gasteiger partial charge in [0.05, 0.1) is 5.41 Å². The van der Waals surface area contributed by atoms with Crippen molar-refractivity contribution < 1.29 is 19.8 Å². The molecule has 1 fully saturated rings. The highest BCUT2D eigenvalue weighted by molar-refractivity contribution is 5.85. The minimum atomic E-state index is -1.12. The molecule has 15 heavy (non-hydrogen) atoms. The first-order valence-corrected chi connectivity index (χ1v) is 4.67. The molecule has 3 atom stereocenters. The molecular formula is C9H16ClNO4. The van der Waals surface area contributed by atoms with Crippen molar-refractivity contribution in [3.8, 4) is 0 Å². The van der Waals surface area contributed by atoms with Crippen molar-refractivity contribution in [1.29, 1.82) is 0 Å². The maximum Gasteiger partial charge on any atom is 0.320 e. The summed E-state index contributed by atoms with van der Waals surface area (Å²) in [7, 11) is 0. The van der Waals surface area contributed by atoms with Gasteiger partial charge in [0.1, 0.15) is 6.04 Å². The largest absolute Gasteiger partial charge is 0.481 e. The van der Waals surface area contributed by atoms with Crippen LogP contribution in [0.1, 0.15) is 26.2 Å². The van der Waals surface area contributed by atoms with Gasteiger partial charge in [0.25, 0.3) is 0 Å². The number of carbonyl (C=O) groups is 2. The number of nitrogens with two attached hydrogens (primary N) is 1. The van der Waals surface area contributed by atoms with E-state index in [1.54, 1.807) is 0 Å². The summed E-state index contributed by atoms with van der Waals surface area (Å²) in [6.45, 7) is 1.88. The Morgan fingerprint density at radius 3 is 2.40 bits per heavy atom. The van der Waals surface area contributed by atoms with Crippen molar-refractivity contribution in [1.82, 2.24) is 0 Å². The Morgan fingerprint density at radius 1 is 1.53 bits per heavy atom. The Balaban J connectivity index is 0.00000196. The van der Waals surface area contributed by atoms with Crippen LogP contribution in [0.15, 0.2) is 0 Å². The summed E-state index contributed by atoms with van der Waals surface area (Å²) in [5.41, 5.74) is 4.53. The molecule has 1 aliphatic carbocycles. The van der Waals surface area contributed by atoms with Gasteiger partial charge in [0.15, 0.2) is 0 Å². The molecule has 0 aromatic rings. The third-order valence-electron chi connectivity index (χ3n) is 2.97. The molecule has 0 aromatic carbocycles. The van der Waals surface area contributed by atoms with Gasteiger partial charge in [-0.25, -0.2) is 0 Å². The zero-order valence-corrected chi connectivity index (χ0v) is 9.29. The zero-order valence-electron chi connectivity index (χ0n) is 8.47.